The summed E-state index contributed by atoms with van der Waals surface area (Å²) in [5.74, 6) is 0. The van der Waals surface area contributed by atoms with Crippen molar-refractivity contribution in [3.8, 4) is 22.3 Å². The number of benzene rings is 5. The van der Waals surface area contributed by atoms with Crippen LogP contribution >= 0.6 is 0 Å². The van der Waals surface area contributed by atoms with Crippen LogP contribution in [0.2, 0.25) is 0 Å². The molecule has 0 radical (unpaired) electrons. The van der Waals surface area contributed by atoms with Crippen molar-refractivity contribution in [1.29, 1.82) is 0 Å². The van der Waals surface area contributed by atoms with Crippen LogP contribution in [0.5, 0.6) is 0 Å². The highest BCUT2D eigenvalue weighted by molar-refractivity contribution is 6.05. The van der Waals surface area contributed by atoms with Crippen molar-refractivity contribution in [3.05, 3.63) is 158 Å². The minimum Gasteiger partial charge on any atom is -0.298 e. The van der Waals surface area contributed by atoms with Gasteiger partial charge in [-0.2, -0.15) is 0 Å². The van der Waals surface area contributed by atoms with Crippen LogP contribution in [-0.2, 0) is 5.41 Å². The van der Waals surface area contributed by atoms with Gasteiger partial charge in [-0.1, -0.05) is 155 Å². The number of aryl methyl sites for hydroxylation is 2. The number of fused-ring (bicyclic) bond motifs is 6. The third-order valence-corrected chi connectivity index (χ3v) is 11.9. The highest BCUT2D eigenvalue weighted by Crippen LogP contribution is 2.60. The topological polar surface area (TPSA) is 34.1 Å². The van der Waals surface area contributed by atoms with Crippen LogP contribution in [0.3, 0.4) is 0 Å². The Morgan fingerprint density at radius 1 is 0.491 bits per heavy atom. The van der Waals surface area contributed by atoms with Crippen molar-refractivity contribution < 1.29 is 9.59 Å². The monoisotopic (exact) mass is 698 g/mol. The molecule has 0 bridgehead atoms. The highest BCUT2D eigenvalue weighted by atomic mass is 16.1. The normalized spacial score (nSPS) is 13.3. The third-order valence-electron chi connectivity index (χ3n) is 11.9. The Labute approximate surface area is 317 Å². The Morgan fingerprint density at radius 2 is 1.02 bits per heavy atom. The molecule has 2 heteroatoms. The van der Waals surface area contributed by atoms with Gasteiger partial charge in [0.25, 0.3) is 0 Å². The van der Waals surface area contributed by atoms with Crippen LogP contribution in [0.4, 0.5) is 0 Å². The minimum atomic E-state index is -0.720. The van der Waals surface area contributed by atoms with Gasteiger partial charge in [-0.25, -0.2) is 0 Å². The summed E-state index contributed by atoms with van der Waals surface area (Å²) in [5, 5.41) is 0. The van der Waals surface area contributed by atoms with E-state index in [2.05, 4.69) is 88.4 Å². The second-order valence-electron chi connectivity index (χ2n) is 15.6. The lowest BCUT2D eigenvalue weighted by Crippen LogP contribution is -2.29. The molecule has 2 aliphatic rings. The summed E-state index contributed by atoms with van der Waals surface area (Å²) in [4.78, 5) is 24.6. The van der Waals surface area contributed by atoms with Gasteiger partial charge >= 0.3 is 0 Å². The summed E-state index contributed by atoms with van der Waals surface area (Å²) in [5.41, 5.74) is 18.4. The van der Waals surface area contributed by atoms with Gasteiger partial charge in [-0.3, -0.25) is 9.59 Å². The quantitative estimate of drug-likeness (QED) is 0.0744. The van der Waals surface area contributed by atoms with Crippen LogP contribution in [0.25, 0.3) is 27.8 Å². The molecule has 5 aromatic carbocycles. The van der Waals surface area contributed by atoms with Crippen LogP contribution in [-0.4, -0.2) is 12.6 Å². The van der Waals surface area contributed by atoms with Crippen molar-refractivity contribution in [2.24, 2.45) is 0 Å². The first-order valence-electron chi connectivity index (χ1n) is 20.2. The molecule has 0 amide bonds. The number of hydrogen-bond acceptors (Lipinski definition) is 2. The molecule has 5 aromatic rings. The molecule has 2 nitrogen and oxygen atoms in total. The predicted octanol–water partition coefficient (Wildman–Crippen LogP) is 13.8. The van der Waals surface area contributed by atoms with E-state index in [1.165, 1.54) is 125 Å². The van der Waals surface area contributed by atoms with Crippen LogP contribution < -0.4 is 0 Å². The summed E-state index contributed by atoms with van der Waals surface area (Å²) in [7, 11) is 0. The number of allylic oxidation sites excluding steroid dienone is 1. The van der Waals surface area contributed by atoms with Gasteiger partial charge in [0.1, 0.15) is 12.6 Å². The molecule has 0 aromatic heterocycles. The first kappa shape index (κ1) is 36.5. The molecule has 0 saturated heterocycles. The van der Waals surface area contributed by atoms with E-state index in [4.69, 9.17) is 0 Å². The number of aldehydes is 2. The van der Waals surface area contributed by atoms with E-state index >= 15 is 0 Å². The fraction of sp³-hybridized carbons (Fsp3) is 0.333. The zero-order valence-electron chi connectivity index (χ0n) is 32.2. The zero-order valence-corrected chi connectivity index (χ0v) is 32.2. The van der Waals surface area contributed by atoms with Gasteiger partial charge in [0, 0.05) is 11.1 Å². The average Bonchev–Trinajstić information content (AvgIpc) is 3.64. The van der Waals surface area contributed by atoms with E-state index in [1.54, 1.807) is 5.57 Å². The maximum atomic E-state index is 12.3. The maximum absolute atomic E-state index is 12.3. The lowest BCUT2D eigenvalue weighted by Gasteiger charge is -2.34. The highest BCUT2D eigenvalue weighted by Gasteiger charge is 2.47. The van der Waals surface area contributed by atoms with Crippen LogP contribution in [0.15, 0.2) is 103 Å². The van der Waals surface area contributed by atoms with Gasteiger partial charge in [0.2, 0.25) is 0 Å². The van der Waals surface area contributed by atoms with E-state index in [-0.39, 0.29) is 0 Å². The molecule has 0 aliphatic heterocycles. The molecule has 53 heavy (non-hydrogen) atoms. The number of hydrogen-bond donors (Lipinski definition) is 0. The van der Waals surface area contributed by atoms with E-state index in [0.717, 1.165) is 36.5 Å². The zero-order chi connectivity index (χ0) is 37.0. The Balaban J connectivity index is 1.51. The van der Waals surface area contributed by atoms with Gasteiger partial charge in [0.05, 0.1) is 5.41 Å². The van der Waals surface area contributed by atoms with E-state index < -0.39 is 5.41 Å². The summed E-state index contributed by atoms with van der Waals surface area (Å²) in [6.07, 6.45) is 17.0. The molecule has 0 atom stereocenters. The molecule has 270 valence electrons. The first-order valence-corrected chi connectivity index (χ1v) is 20.2. The molecular formula is C51H54O2. The second kappa shape index (κ2) is 16.0. The van der Waals surface area contributed by atoms with Gasteiger partial charge in [-0.15, -0.1) is 0 Å². The smallest absolute Gasteiger partial charge is 0.150 e. The van der Waals surface area contributed by atoms with Crippen molar-refractivity contribution >= 4 is 18.1 Å². The van der Waals surface area contributed by atoms with Crippen LogP contribution in [0.1, 0.15) is 156 Å². The average molecular weight is 699 g/mol. The Bertz CT molecular complexity index is 2110. The third kappa shape index (κ3) is 6.78. The molecule has 0 heterocycles. The molecular weight excluding hydrogens is 645 g/mol. The van der Waals surface area contributed by atoms with Crippen molar-refractivity contribution in [3.63, 3.8) is 0 Å². The number of carbonyl (C=O) groups is 2. The fourth-order valence-electron chi connectivity index (χ4n) is 9.27. The van der Waals surface area contributed by atoms with Gasteiger partial charge in [-0.05, 0) is 125 Å². The molecule has 7 rings (SSSR count). The number of rotatable bonds is 16. The van der Waals surface area contributed by atoms with Crippen molar-refractivity contribution in [1.82, 2.24) is 0 Å². The summed E-state index contributed by atoms with van der Waals surface area (Å²) in [6, 6.07) is 35.0. The van der Waals surface area contributed by atoms with Crippen molar-refractivity contribution in [2.45, 2.75) is 110 Å². The molecule has 0 N–H and O–H groups in total. The first-order chi connectivity index (χ1) is 25.9. The van der Waals surface area contributed by atoms with E-state index in [0.29, 0.717) is 11.1 Å². The molecule has 0 unspecified atom stereocenters. The number of unbranched alkanes of at least 4 members (excludes halogenated alkanes) is 8. The standard InChI is InChI=1S/C51H54O2/c1-5-7-9-11-13-19-39(20-14-12-10-8-6-2)50-46-27-35(3)23-25-42(46)44-32-49-45(31-47(44)50)43-26-24-36(4)28-48(43)51(49,40-21-15-17-37(29-40)33-52)41-22-16-18-38(30-41)34-53/h15-18,21-34H,5-14,19-20H2,1-4H3. The molecule has 0 spiro atoms. The number of carbonyl (C=O) groups excluding carboxylic acids is 2. The second-order valence-corrected chi connectivity index (χ2v) is 15.6. The van der Waals surface area contributed by atoms with Crippen molar-refractivity contribution in [2.75, 3.05) is 0 Å². The summed E-state index contributed by atoms with van der Waals surface area (Å²) >= 11 is 0. The molecule has 2 aliphatic carbocycles. The van der Waals surface area contributed by atoms with Gasteiger partial charge < -0.3 is 0 Å². The summed E-state index contributed by atoms with van der Waals surface area (Å²) < 4.78 is 0. The van der Waals surface area contributed by atoms with Gasteiger partial charge in [0.15, 0.2) is 0 Å². The Kier molecular flexibility index (Phi) is 11.1. The van der Waals surface area contributed by atoms with Crippen LogP contribution in [0, 0.1) is 13.8 Å². The lowest BCUT2D eigenvalue weighted by atomic mass is 9.66. The molecule has 0 fully saturated rings. The Hall–Kier alpha value is -4.82. The predicted molar refractivity (Wildman–Crippen MR) is 222 cm³/mol. The largest absolute Gasteiger partial charge is 0.298 e. The van der Waals surface area contributed by atoms with E-state index in [1.807, 2.05) is 36.4 Å². The SMILES string of the molecule is CCCCCCCC(CCCCCCC)=C1c2cc(C)ccc2-c2cc3c(cc21)-c1ccc(C)cc1C3(c1cccc(C=O)c1)c1cccc(C=O)c1. The minimum absolute atomic E-state index is 0.644. The fourth-order valence-corrected chi connectivity index (χ4v) is 9.27. The lowest BCUT2D eigenvalue weighted by molar-refractivity contribution is 0.111. The Morgan fingerprint density at radius 3 is 1.60 bits per heavy atom. The summed E-state index contributed by atoms with van der Waals surface area (Å²) in [6.45, 7) is 8.97. The molecule has 0 saturated carbocycles. The maximum Gasteiger partial charge on any atom is 0.150 e. The van der Waals surface area contributed by atoms with E-state index in [9.17, 15) is 9.59 Å².